The third-order valence-corrected chi connectivity index (χ3v) is 6.52. The molecule has 2 N–H and O–H groups in total. The van der Waals surface area contributed by atoms with Gasteiger partial charge in [-0.25, -0.2) is 8.42 Å². The average molecular weight is 394 g/mol. The van der Waals surface area contributed by atoms with Crippen molar-refractivity contribution < 1.29 is 18.0 Å². The summed E-state index contributed by atoms with van der Waals surface area (Å²) < 4.78 is 26.5. The number of anilines is 1. The van der Waals surface area contributed by atoms with Crippen molar-refractivity contribution in [2.45, 2.75) is 36.6 Å². The number of carbonyl (C=O) groups excluding carboxylic acids is 2. The van der Waals surface area contributed by atoms with Crippen LogP contribution in [0.15, 0.2) is 29.2 Å². The first-order valence-electron chi connectivity index (χ1n) is 9.22. The minimum atomic E-state index is -3.45. The lowest BCUT2D eigenvalue weighted by Gasteiger charge is -2.17. The third kappa shape index (κ3) is 5.50. The Hall–Kier alpha value is -1.97. The van der Waals surface area contributed by atoms with Crippen molar-refractivity contribution in [1.82, 2.24) is 14.5 Å². The molecule has 27 heavy (non-hydrogen) atoms. The maximum Gasteiger partial charge on any atom is 0.243 e. The third-order valence-electron chi connectivity index (χ3n) is 4.61. The van der Waals surface area contributed by atoms with E-state index in [1.54, 1.807) is 24.1 Å². The van der Waals surface area contributed by atoms with E-state index in [1.165, 1.54) is 16.4 Å². The monoisotopic (exact) mass is 394 g/mol. The first-order valence-corrected chi connectivity index (χ1v) is 10.7. The summed E-state index contributed by atoms with van der Waals surface area (Å²) in [5.41, 5.74) is 0.524. The van der Waals surface area contributed by atoms with Crippen molar-refractivity contribution in [3.63, 3.8) is 0 Å². The van der Waals surface area contributed by atoms with Crippen LogP contribution in [0.3, 0.4) is 0 Å². The molecule has 3 rings (SSSR count). The molecule has 0 spiro atoms. The highest BCUT2D eigenvalue weighted by Crippen LogP contribution is 2.22. The molecule has 148 valence electrons. The van der Waals surface area contributed by atoms with Gasteiger partial charge in [0.05, 0.1) is 18.0 Å². The highest BCUT2D eigenvalue weighted by molar-refractivity contribution is 7.89. The summed E-state index contributed by atoms with van der Waals surface area (Å²) in [5.74, 6) is -0.337. The number of hydrogen-bond acceptors (Lipinski definition) is 5. The van der Waals surface area contributed by atoms with Crippen LogP contribution in [0.5, 0.6) is 0 Å². The molecule has 2 fully saturated rings. The fourth-order valence-electron chi connectivity index (χ4n) is 3.04. The first kappa shape index (κ1) is 19.8. The molecule has 0 atom stereocenters. The largest absolute Gasteiger partial charge is 0.352 e. The number of benzene rings is 1. The number of likely N-dealkylation sites (N-methyl/N-ethyl adjacent to an activating group) is 1. The van der Waals surface area contributed by atoms with Crippen molar-refractivity contribution in [2.24, 2.45) is 0 Å². The molecular formula is C18H26N4O4S. The molecule has 0 aromatic heterocycles. The van der Waals surface area contributed by atoms with E-state index in [9.17, 15) is 18.0 Å². The van der Waals surface area contributed by atoms with Gasteiger partial charge in [0, 0.05) is 24.8 Å². The van der Waals surface area contributed by atoms with Gasteiger partial charge in [-0.1, -0.05) is 0 Å². The van der Waals surface area contributed by atoms with Gasteiger partial charge in [0.1, 0.15) is 0 Å². The van der Waals surface area contributed by atoms with Crippen LogP contribution in [0, 0.1) is 0 Å². The molecule has 1 aromatic rings. The minimum Gasteiger partial charge on any atom is -0.352 e. The molecule has 2 amide bonds. The summed E-state index contributed by atoms with van der Waals surface area (Å²) in [5, 5.41) is 5.60. The molecule has 8 nitrogen and oxygen atoms in total. The number of hydrogen-bond donors (Lipinski definition) is 2. The Labute approximate surface area is 160 Å². The van der Waals surface area contributed by atoms with Crippen LogP contribution in [0.4, 0.5) is 5.69 Å². The van der Waals surface area contributed by atoms with Gasteiger partial charge < -0.3 is 10.6 Å². The van der Waals surface area contributed by atoms with E-state index in [2.05, 4.69) is 10.6 Å². The van der Waals surface area contributed by atoms with Gasteiger partial charge in [-0.15, -0.1) is 0 Å². The van der Waals surface area contributed by atoms with Crippen molar-refractivity contribution in [3.8, 4) is 0 Å². The van der Waals surface area contributed by atoms with Gasteiger partial charge in [-0.3, -0.25) is 14.5 Å². The molecule has 2 aliphatic rings. The second kappa shape index (κ2) is 8.37. The second-order valence-electron chi connectivity index (χ2n) is 7.20. The fraction of sp³-hybridized carbons (Fsp3) is 0.556. The van der Waals surface area contributed by atoms with E-state index in [-0.39, 0.29) is 29.8 Å². The number of carbonyl (C=O) groups is 2. The maximum absolute atomic E-state index is 12.5. The summed E-state index contributed by atoms with van der Waals surface area (Å²) in [6, 6.07) is 6.49. The van der Waals surface area contributed by atoms with Crippen LogP contribution in [-0.4, -0.2) is 68.7 Å². The van der Waals surface area contributed by atoms with Crippen LogP contribution in [0.25, 0.3) is 0 Å². The molecule has 1 heterocycles. The molecule has 1 aliphatic carbocycles. The number of nitrogens with one attached hydrogen (secondary N) is 2. The van der Waals surface area contributed by atoms with E-state index in [0.717, 1.165) is 25.7 Å². The van der Waals surface area contributed by atoms with E-state index >= 15 is 0 Å². The zero-order valence-corrected chi connectivity index (χ0v) is 16.3. The van der Waals surface area contributed by atoms with Gasteiger partial charge >= 0.3 is 0 Å². The standard InChI is InChI=1S/C18H26N4O4S/c1-21(12-17(23)19-14-4-5-14)13-18(24)20-15-6-8-16(9-7-15)27(25,26)22-10-2-3-11-22/h6-9,14H,2-5,10-13H2,1H3,(H,19,23)(H,20,24). The van der Waals surface area contributed by atoms with E-state index < -0.39 is 10.0 Å². The van der Waals surface area contributed by atoms with E-state index in [1.807, 2.05) is 0 Å². The summed E-state index contributed by atoms with van der Waals surface area (Å²) in [4.78, 5) is 25.7. The van der Waals surface area contributed by atoms with Gasteiger partial charge in [-0.2, -0.15) is 4.31 Å². The molecular weight excluding hydrogens is 368 g/mol. The van der Waals surface area contributed by atoms with Crippen LogP contribution in [0.2, 0.25) is 0 Å². The molecule has 1 aromatic carbocycles. The van der Waals surface area contributed by atoms with E-state index in [4.69, 9.17) is 0 Å². The quantitative estimate of drug-likeness (QED) is 0.674. The maximum atomic E-state index is 12.5. The predicted molar refractivity (Wildman–Crippen MR) is 102 cm³/mol. The van der Waals surface area contributed by atoms with Crippen molar-refractivity contribution in [1.29, 1.82) is 0 Å². The Balaban J connectivity index is 1.49. The average Bonchev–Trinajstić information content (AvgIpc) is 3.23. The fourth-order valence-corrected chi connectivity index (χ4v) is 4.55. The molecule has 1 saturated carbocycles. The van der Waals surface area contributed by atoms with Gasteiger partial charge in [-0.05, 0) is 57.0 Å². The summed E-state index contributed by atoms with van der Waals surface area (Å²) in [6.07, 6.45) is 3.83. The predicted octanol–water partition coefficient (Wildman–Crippen LogP) is 0.620. The Morgan fingerprint density at radius 1 is 1.07 bits per heavy atom. The Bertz CT molecular complexity index is 784. The lowest BCUT2D eigenvalue weighted by molar-refractivity contribution is -0.123. The van der Waals surface area contributed by atoms with Crippen molar-refractivity contribution in [3.05, 3.63) is 24.3 Å². The van der Waals surface area contributed by atoms with Crippen molar-refractivity contribution >= 4 is 27.5 Å². The van der Waals surface area contributed by atoms with Crippen LogP contribution >= 0.6 is 0 Å². The van der Waals surface area contributed by atoms with Gasteiger partial charge in [0.15, 0.2) is 0 Å². The number of rotatable bonds is 8. The summed E-state index contributed by atoms with van der Waals surface area (Å²) in [7, 11) is -1.75. The van der Waals surface area contributed by atoms with Crippen LogP contribution in [0.1, 0.15) is 25.7 Å². The second-order valence-corrected chi connectivity index (χ2v) is 9.14. The molecule has 0 radical (unpaired) electrons. The molecule has 1 aliphatic heterocycles. The Morgan fingerprint density at radius 2 is 1.67 bits per heavy atom. The molecule has 1 saturated heterocycles. The normalized spacial score (nSPS) is 17.9. The zero-order valence-electron chi connectivity index (χ0n) is 15.5. The van der Waals surface area contributed by atoms with Crippen molar-refractivity contribution in [2.75, 3.05) is 38.5 Å². The topological polar surface area (TPSA) is 98.8 Å². The summed E-state index contributed by atoms with van der Waals surface area (Å²) in [6.45, 7) is 1.35. The lowest BCUT2D eigenvalue weighted by atomic mass is 10.3. The highest BCUT2D eigenvalue weighted by Gasteiger charge is 2.27. The number of nitrogens with zero attached hydrogens (tertiary/aromatic N) is 2. The number of sulfonamides is 1. The Morgan fingerprint density at radius 3 is 2.26 bits per heavy atom. The zero-order chi connectivity index (χ0) is 19.4. The van der Waals surface area contributed by atoms with Crippen LogP contribution in [-0.2, 0) is 19.6 Å². The van der Waals surface area contributed by atoms with Gasteiger partial charge in [0.2, 0.25) is 21.8 Å². The highest BCUT2D eigenvalue weighted by atomic mass is 32.2. The van der Waals surface area contributed by atoms with Crippen LogP contribution < -0.4 is 10.6 Å². The summed E-state index contributed by atoms with van der Waals surface area (Å²) >= 11 is 0. The first-order chi connectivity index (χ1) is 12.8. The Kier molecular flexibility index (Phi) is 6.13. The molecule has 0 unspecified atom stereocenters. The van der Waals surface area contributed by atoms with E-state index in [0.29, 0.717) is 24.8 Å². The van der Waals surface area contributed by atoms with Gasteiger partial charge in [0.25, 0.3) is 0 Å². The molecule has 0 bridgehead atoms. The lowest BCUT2D eigenvalue weighted by Crippen LogP contribution is -2.39. The number of amides is 2. The SMILES string of the molecule is CN(CC(=O)Nc1ccc(S(=O)(=O)N2CCCC2)cc1)CC(=O)NC1CC1. The smallest absolute Gasteiger partial charge is 0.243 e. The molecule has 9 heteroatoms. The minimum absolute atomic E-state index is 0.0753.